The molecule has 2 aromatic rings. The molecule has 0 aromatic carbocycles. The fourth-order valence-corrected chi connectivity index (χ4v) is 3.86. The molecule has 3 rings (SSSR count). The standard InChI is InChI=1S/C13H17F3N5O7PS/c14-13(15,16)1-2-30-12-19-9(17)6-10(20-12)21(4-18-6)11-8(23)7(22)5(28-11)3-27-29(24,25)26/h4-5,7-8,11,22-23H,1-3H2,(H2,17,19,20)(H2,24,25,26)/t5-,7-,8-,11-/m1/s1. The Morgan fingerprint density at radius 3 is 2.63 bits per heavy atom. The van der Waals surface area contributed by atoms with Gasteiger partial charge in [-0.05, 0) is 0 Å². The highest BCUT2D eigenvalue weighted by Crippen LogP contribution is 2.39. The number of anilines is 1. The van der Waals surface area contributed by atoms with Crippen LogP contribution in [0.1, 0.15) is 12.6 Å². The summed E-state index contributed by atoms with van der Waals surface area (Å²) in [5.74, 6) is -0.450. The number of nitrogens with two attached hydrogens (primary N) is 1. The van der Waals surface area contributed by atoms with Crippen LogP contribution in [0.4, 0.5) is 19.0 Å². The summed E-state index contributed by atoms with van der Waals surface area (Å²) in [5, 5.41) is 20.3. The van der Waals surface area contributed by atoms with Gasteiger partial charge in [0.05, 0.1) is 19.4 Å². The highest BCUT2D eigenvalue weighted by Gasteiger charge is 2.45. The van der Waals surface area contributed by atoms with Crippen molar-refractivity contribution in [3.8, 4) is 0 Å². The summed E-state index contributed by atoms with van der Waals surface area (Å²) < 4.78 is 58.8. The molecule has 30 heavy (non-hydrogen) atoms. The Balaban J connectivity index is 1.82. The van der Waals surface area contributed by atoms with E-state index >= 15 is 0 Å². The smallest absolute Gasteiger partial charge is 0.387 e. The van der Waals surface area contributed by atoms with E-state index < -0.39 is 51.6 Å². The highest BCUT2D eigenvalue weighted by molar-refractivity contribution is 7.99. The molecular formula is C13H17F3N5O7PS. The van der Waals surface area contributed by atoms with E-state index in [0.29, 0.717) is 0 Å². The molecule has 168 valence electrons. The number of thioether (sulfide) groups is 1. The third-order valence-corrected chi connectivity index (χ3v) is 5.40. The average molecular weight is 475 g/mol. The van der Waals surface area contributed by atoms with Crippen LogP contribution in [0.2, 0.25) is 0 Å². The largest absolute Gasteiger partial charge is 0.469 e. The zero-order valence-corrected chi connectivity index (χ0v) is 16.6. The molecule has 0 unspecified atom stereocenters. The molecule has 0 aliphatic carbocycles. The predicted molar refractivity (Wildman–Crippen MR) is 95.1 cm³/mol. The van der Waals surface area contributed by atoms with Crippen LogP contribution in [0.25, 0.3) is 11.2 Å². The summed E-state index contributed by atoms with van der Waals surface area (Å²) in [7, 11) is -4.83. The zero-order valence-electron chi connectivity index (χ0n) is 14.9. The second kappa shape index (κ2) is 8.55. The third-order valence-electron chi connectivity index (χ3n) is 4.06. The first kappa shape index (κ1) is 23.1. The summed E-state index contributed by atoms with van der Waals surface area (Å²) in [6.07, 6.45) is -9.90. The third kappa shape index (κ3) is 5.39. The predicted octanol–water partition coefficient (Wildman–Crippen LogP) is 0.181. The summed E-state index contributed by atoms with van der Waals surface area (Å²) in [5.41, 5.74) is 5.91. The molecule has 2 aromatic heterocycles. The number of halogens is 3. The Labute approximate surface area is 170 Å². The van der Waals surface area contributed by atoms with Crippen molar-refractivity contribution in [3.05, 3.63) is 6.33 Å². The van der Waals surface area contributed by atoms with E-state index in [0.717, 1.165) is 11.8 Å². The Kier molecular flexibility index (Phi) is 6.60. The Hall–Kier alpha value is -1.52. The van der Waals surface area contributed by atoms with E-state index in [-0.39, 0.29) is 27.9 Å². The highest BCUT2D eigenvalue weighted by atomic mass is 32.2. The molecule has 12 nitrogen and oxygen atoms in total. The minimum atomic E-state index is -4.83. The molecule has 1 fully saturated rings. The average Bonchev–Trinajstić information content (AvgIpc) is 3.14. The summed E-state index contributed by atoms with van der Waals surface area (Å²) in [6, 6.07) is 0. The lowest BCUT2D eigenvalue weighted by molar-refractivity contribution is -0.129. The van der Waals surface area contributed by atoms with Crippen LogP contribution < -0.4 is 5.73 Å². The second-order valence-corrected chi connectivity index (χ2v) is 8.56. The fourth-order valence-electron chi connectivity index (χ4n) is 2.69. The van der Waals surface area contributed by atoms with Crippen LogP contribution in [-0.4, -0.2) is 76.4 Å². The summed E-state index contributed by atoms with van der Waals surface area (Å²) >= 11 is 0.721. The van der Waals surface area contributed by atoms with Crippen molar-refractivity contribution in [1.29, 1.82) is 0 Å². The number of imidazole rings is 1. The number of fused-ring (bicyclic) bond motifs is 1. The number of aliphatic hydroxyl groups is 2. The van der Waals surface area contributed by atoms with Gasteiger partial charge in [0.25, 0.3) is 0 Å². The quantitative estimate of drug-likeness (QED) is 0.208. The topological polar surface area (TPSA) is 186 Å². The molecule has 0 spiro atoms. The van der Waals surface area contributed by atoms with E-state index in [4.69, 9.17) is 20.3 Å². The molecule has 0 amide bonds. The fraction of sp³-hybridized carbons (Fsp3) is 0.615. The number of hydrogen-bond acceptors (Lipinski definition) is 10. The van der Waals surface area contributed by atoms with Crippen molar-refractivity contribution in [1.82, 2.24) is 19.5 Å². The van der Waals surface area contributed by atoms with Gasteiger partial charge in [-0.2, -0.15) is 13.2 Å². The number of aromatic nitrogens is 4. The zero-order chi connectivity index (χ0) is 22.3. The van der Waals surface area contributed by atoms with Crippen molar-refractivity contribution in [3.63, 3.8) is 0 Å². The lowest BCUT2D eigenvalue weighted by Crippen LogP contribution is -2.33. The van der Waals surface area contributed by atoms with Crippen LogP contribution in [0.5, 0.6) is 0 Å². The molecule has 0 radical (unpaired) electrons. The normalized spacial score (nSPS) is 25.3. The van der Waals surface area contributed by atoms with Crippen LogP contribution in [0.3, 0.4) is 0 Å². The maximum atomic E-state index is 12.3. The monoisotopic (exact) mass is 475 g/mol. The number of phosphoric ester groups is 1. The molecule has 0 saturated carbocycles. The van der Waals surface area contributed by atoms with Gasteiger partial charge in [-0.25, -0.2) is 19.5 Å². The molecule has 4 atom stereocenters. The van der Waals surface area contributed by atoms with Gasteiger partial charge in [-0.15, -0.1) is 0 Å². The number of ether oxygens (including phenoxy) is 1. The SMILES string of the molecule is Nc1nc(SCCC(F)(F)F)nc2c1ncn2[C@@H]1O[C@H](COP(=O)(O)O)[C@@H](O)[C@H]1O. The number of phosphoric acid groups is 1. The minimum Gasteiger partial charge on any atom is -0.387 e. The minimum absolute atomic E-state index is 0.0322. The first-order valence-electron chi connectivity index (χ1n) is 8.27. The van der Waals surface area contributed by atoms with Gasteiger partial charge >= 0.3 is 14.0 Å². The van der Waals surface area contributed by atoms with Crippen LogP contribution in [-0.2, 0) is 13.8 Å². The lowest BCUT2D eigenvalue weighted by atomic mass is 10.1. The summed E-state index contributed by atoms with van der Waals surface area (Å²) in [4.78, 5) is 29.5. The number of hydrogen-bond donors (Lipinski definition) is 5. The number of rotatable bonds is 7. The first-order chi connectivity index (χ1) is 13.9. The van der Waals surface area contributed by atoms with Gasteiger partial charge in [0.1, 0.15) is 23.8 Å². The van der Waals surface area contributed by atoms with Crippen molar-refractivity contribution in [2.75, 3.05) is 18.1 Å². The molecule has 1 aliphatic heterocycles. The number of nitrogens with zero attached hydrogens (tertiary/aromatic N) is 4. The molecule has 3 heterocycles. The number of nitrogen functional groups attached to an aromatic ring is 1. The molecule has 17 heteroatoms. The van der Waals surface area contributed by atoms with Crippen molar-refractivity contribution in [2.24, 2.45) is 0 Å². The second-order valence-electron chi connectivity index (χ2n) is 6.26. The van der Waals surface area contributed by atoms with Gasteiger partial charge in [0, 0.05) is 5.75 Å². The van der Waals surface area contributed by atoms with E-state index in [9.17, 15) is 27.9 Å². The van der Waals surface area contributed by atoms with Crippen molar-refractivity contribution < 1.29 is 47.0 Å². The van der Waals surface area contributed by atoms with E-state index in [1.165, 1.54) is 10.9 Å². The van der Waals surface area contributed by atoms with Crippen LogP contribution >= 0.6 is 19.6 Å². The number of alkyl halides is 3. The number of aliphatic hydroxyl groups excluding tert-OH is 2. The van der Waals surface area contributed by atoms with Gasteiger partial charge < -0.3 is 30.5 Å². The van der Waals surface area contributed by atoms with E-state index in [1.807, 2.05) is 0 Å². The Bertz CT molecular complexity index is 957. The molecule has 1 saturated heterocycles. The molecule has 6 N–H and O–H groups in total. The van der Waals surface area contributed by atoms with Crippen molar-refractivity contribution >= 4 is 36.6 Å². The lowest BCUT2D eigenvalue weighted by Gasteiger charge is -2.17. The van der Waals surface area contributed by atoms with Gasteiger partial charge in [-0.3, -0.25) is 9.09 Å². The summed E-state index contributed by atoms with van der Waals surface area (Å²) in [6.45, 7) is -0.707. The first-order valence-corrected chi connectivity index (χ1v) is 10.8. The molecule has 1 aliphatic rings. The van der Waals surface area contributed by atoms with E-state index in [1.54, 1.807) is 0 Å². The Morgan fingerprint density at radius 2 is 2.00 bits per heavy atom. The Morgan fingerprint density at radius 1 is 1.30 bits per heavy atom. The van der Waals surface area contributed by atoms with Crippen molar-refractivity contribution in [2.45, 2.75) is 42.3 Å². The molecular weight excluding hydrogens is 458 g/mol. The van der Waals surface area contributed by atoms with Gasteiger partial charge in [0.15, 0.2) is 22.8 Å². The van der Waals surface area contributed by atoms with Crippen LogP contribution in [0.15, 0.2) is 11.5 Å². The van der Waals surface area contributed by atoms with Crippen LogP contribution in [0, 0.1) is 0 Å². The maximum Gasteiger partial charge on any atom is 0.469 e. The maximum absolute atomic E-state index is 12.3. The van der Waals surface area contributed by atoms with Gasteiger partial charge in [0.2, 0.25) is 0 Å². The molecule has 0 bridgehead atoms. The van der Waals surface area contributed by atoms with Gasteiger partial charge in [-0.1, -0.05) is 11.8 Å². The van der Waals surface area contributed by atoms with E-state index in [2.05, 4.69) is 19.5 Å².